The van der Waals surface area contributed by atoms with Gasteiger partial charge in [0.25, 0.3) is 0 Å². The summed E-state index contributed by atoms with van der Waals surface area (Å²) in [5.74, 6) is 2.43. The van der Waals surface area contributed by atoms with Crippen molar-refractivity contribution in [3.05, 3.63) is 0 Å². The maximum Gasteiger partial charge on any atom is 0.303 e. The zero-order chi connectivity index (χ0) is 33.9. The van der Waals surface area contributed by atoms with E-state index in [4.69, 9.17) is 18.9 Å². The molecule has 1 amide bonds. The van der Waals surface area contributed by atoms with E-state index in [9.17, 15) is 14.7 Å². The number of hydrogen-bond donors (Lipinski definition) is 2. The van der Waals surface area contributed by atoms with Gasteiger partial charge < -0.3 is 29.4 Å². The Morgan fingerprint density at radius 1 is 1.02 bits per heavy atom. The predicted molar refractivity (Wildman–Crippen MR) is 180 cm³/mol. The lowest BCUT2D eigenvalue weighted by Crippen LogP contribution is -2.58. The Balaban J connectivity index is 0.953. The zero-order valence-corrected chi connectivity index (χ0v) is 30.4. The molecule has 9 nitrogen and oxygen atoms in total. The number of piperidine rings is 1. The van der Waals surface area contributed by atoms with E-state index in [-0.39, 0.29) is 47.9 Å². The van der Waals surface area contributed by atoms with Crippen molar-refractivity contribution in [1.82, 2.24) is 10.2 Å². The molecule has 0 aromatic carbocycles. The van der Waals surface area contributed by atoms with Crippen molar-refractivity contribution in [3.63, 3.8) is 0 Å². The van der Waals surface area contributed by atoms with Gasteiger partial charge in [-0.05, 0) is 136 Å². The highest BCUT2D eigenvalue weighted by atomic mass is 16.7. The number of rotatable bonds is 6. The van der Waals surface area contributed by atoms with Crippen LogP contribution >= 0.6 is 0 Å². The number of carbonyl (C=O) groups is 2. The van der Waals surface area contributed by atoms with E-state index >= 15 is 0 Å². The van der Waals surface area contributed by atoms with Crippen LogP contribution in [0.2, 0.25) is 0 Å². The smallest absolute Gasteiger partial charge is 0.303 e. The quantitative estimate of drug-likeness (QED) is 0.371. The average Bonchev–Trinajstić information content (AvgIpc) is 3.61. The van der Waals surface area contributed by atoms with E-state index in [1.165, 1.54) is 45.4 Å². The molecule has 5 aliphatic carbocycles. The van der Waals surface area contributed by atoms with Gasteiger partial charge in [-0.1, -0.05) is 20.8 Å². The van der Waals surface area contributed by atoms with Gasteiger partial charge in [0.15, 0.2) is 12.4 Å². The minimum Gasteiger partial charge on any atom is -0.457 e. The van der Waals surface area contributed by atoms with Gasteiger partial charge in [-0.2, -0.15) is 0 Å². The zero-order valence-electron chi connectivity index (χ0n) is 30.4. The number of hydrogen-bond acceptors (Lipinski definition) is 8. The lowest BCUT2D eigenvalue weighted by Gasteiger charge is -2.60. The van der Waals surface area contributed by atoms with Crippen LogP contribution in [0, 0.1) is 45.3 Å². The Kier molecular flexibility index (Phi) is 8.20. The minimum absolute atomic E-state index is 0.0532. The Labute approximate surface area is 287 Å². The molecule has 0 aromatic heterocycles. The van der Waals surface area contributed by atoms with E-state index in [0.717, 1.165) is 57.5 Å². The number of ether oxygens (including phenoxy) is 4. The molecule has 48 heavy (non-hydrogen) atoms. The molecular weight excluding hydrogens is 608 g/mol. The summed E-state index contributed by atoms with van der Waals surface area (Å²) in [6.45, 7) is 15.3. The molecule has 2 spiro atoms. The van der Waals surface area contributed by atoms with Gasteiger partial charge >= 0.3 is 5.97 Å². The van der Waals surface area contributed by atoms with Gasteiger partial charge in [-0.25, -0.2) is 0 Å². The van der Waals surface area contributed by atoms with Crippen molar-refractivity contribution >= 4 is 11.9 Å². The number of fused-ring (bicyclic) bond motifs is 4. The number of nitrogens with one attached hydrogen (secondary N) is 1. The van der Waals surface area contributed by atoms with Crippen LogP contribution in [0.5, 0.6) is 0 Å². The highest BCUT2D eigenvalue weighted by molar-refractivity contribution is 5.82. The van der Waals surface area contributed by atoms with Gasteiger partial charge in [0, 0.05) is 20.0 Å². The lowest BCUT2D eigenvalue weighted by molar-refractivity contribution is -0.247. The van der Waals surface area contributed by atoms with Gasteiger partial charge in [0.2, 0.25) is 5.91 Å². The lowest BCUT2D eigenvalue weighted by atomic mass is 9.46. The first-order chi connectivity index (χ1) is 22.7. The Bertz CT molecular complexity index is 1280. The van der Waals surface area contributed by atoms with Gasteiger partial charge in [-0.3, -0.25) is 14.5 Å². The Morgan fingerprint density at radius 3 is 2.56 bits per heavy atom. The second-order valence-corrected chi connectivity index (χ2v) is 18.9. The van der Waals surface area contributed by atoms with Gasteiger partial charge in [-0.15, -0.1) is 0 Å². The molecule has 8 aliphatic rings. The highest BCUT2D eigenvalue weighted by Crippen LogP contribution is 2.87. The highest BCUT2D eigenvalue weighted by Gasteiger charge is 2.80. The molecule has 8 fully saturated rings. The number of esters is 1. The number of nitrogens with zero attached hydrogens (tertiary/aromatic N) is 1. The van der Waals surface area contributed by atoms with Crippen molar-refractivity contribution in [2.45, 2.75) is 161 Å². The molecule has 5 saturated carbocycles. The van der Waals surface area contributed by atoms with Gasteiger partial charge in [0.1, 0.15) is 0 Å². The number of amides is 1. The topological polar surface area (TPSA) is 107 Å². The van der Waals surface area contributed by atoms with Crippen molar-refractivity contribution < 1.29 is 33.6 Å². The molecule has 0 aromatic rings. The van der Waals surface area contributed by atoms with Crippen LogP contribution in [0.15, 0.2) is 0 Å². The maximum absolute atomic E-state index is 12.6. The van der Waals surface area contributed by atoms with E-state index in [1.807, 2.05) is 0 Å². The van der Waals surface area contributed by atoms with Crippen LogP contribution in [-0.4, -0.2) is 90.5 Å². The van der Waals surface area contributed by atoms with Crippen LogP contribution in [0.3, 0.4) is 0 Å². The molecule has 9 heteroatoms. The van der Waals surface area contributed by atoms with Gasteiger partial charge in [0.05, 0.1) is 43.1 Å². The first kappa shape index (κ1) is 33.9. The van der Waals surface area contributed by atoms with Crippen molar-refractivity contribution in [2.24, 2.45) is 45.3 Å². The van der Waals surface area contributed by atoms with E-state index in [1.54, 1.807) is 13.8 Å². The largest absolute Gasteiger partial charge is 0.457 e. The fourth-order valence-corrected chi connectivity index (χ4v) is 13.9. The summed E-state index contributed by atoms with van der Waals surface area (Å²) in [6.07, 6.45) is 13.1. The third-order valence-electron chi connectivity index (χ3n) is 16.0. The van der Waals surface area contributed by atoms with Crippen LogP contribution in [0.1, 0.15) is 119 Å². The molecule has 270 valence electrons. The van der Waals surface area contributed by atoms with E-state index in [2.05, 4.69) is 31.0 Å². The maximum atomic E-state index is 12.6. The molecule has 3 saturated heterocycles. The van der Waals surface area contributed by atoms with Crippen LogP contribution in [0.25, 0.3) is 0 Å². The summed E-state index contributed by atoms with van der Waals surface area (Å²) in [5.41, 5.74) is 0.103. The number of morpholine rings is 1. The van der Waals surface area contributed by atoms with Crippen LogP contribution in [0.4, 0.5) is 0 Å². The van der Waals surface area contributed by atoms with Crippen molar-refractivity contribution in [3.8, 4) is 0 Å². The normalized spacial score (nSPS) is 48.9. The van der Waals surface area contributed by atoms with E-state index in [0.29, 0.717) is 47.2 Å². The molecule has 13 unspecified atom stereocenters. The second-order valence-electron chi connectivity index (χ2n) is 18.9. The SMILES string of the molecule is CC(=O)OC(C1CCC2C(CC3C4CCC5C(C)(C)C(OC6CN(C7CCCNC7=O)CCO6)CCC56CC46CCC23C)O1)C(C)(C)O. The summed E-state index contributed by atoms with van der Waals surface area (Å²) < 4.78 is 25.7. The molecule has 13 atom stereocenters. The average molecular weight is 671 g/mol. The Morgan fingerprint density at radius 2 is 1.81 bits per heavy atom. The standard InChI is InChI=1S/C39H62N2O7/c1-23(42)46-33(36(4,5)44)28-11-9-25-29(47-28)20-26-24-10-12-30-35(2,3)31(13-14-39(30)22-38(24,39)16-15-37(25,26)6)48-32-21-41(18-19-45-32)27-8-7-17-40-34(27)43/h24-33,44H,7-22H2,1-6H3,(H,40,43). The summed E-state index contributed by atoms with van der Waals surface area (Å²) in [4.78, 5) is 26.9. The molecular formula is C39H62N2O7. The number of carbonyl (C=O) groups excluding carboxylic acids is 2. The molecule has 3 aliphatic heterocycles. The summed E-state index contributed by atoms with van der Waals surface area (Å²) in [7, 11) is 0. The van der Waals surface area contributed by atoms with Crippen molar-refractivity contribution in [1.29, 1.82) is 0 Å². The number of aliphatic hydroxyl groups is 1. The third kappa shape index (κ3) is 5.09. The van der Waals surface area contributed by atoms with Crippen LogP contribution < -0.4 is 5.32 Å². The fraction of sp³-hybridized carbons (Fsp3) is 0.949. The second kappa shape index (κ2) is 11.6. The van der Waals surface area contributed by atoms with Crippen LogP contribution in [-0.2, 0) is 28.5 Å². The van der Waals surface area contributed by atoms with E-state index < -0.39 is 11.7 Å². The molecule has 0 bridgehead atoms. The minimum atomic E-state index is -1.15. The monoisotopic (exact) mass is 670 g/mol. The summed E-state index contributed by atoms with van der Waals surface area (Å²) in [6, 6.07) is -0.0532. The predicted octanol–water partition coefficient (Wildman–Crippen LogP) is 5.22. The molecule has 0 radical (unpaired) electrons. The molecule has 8 rings (SSSR count). The summed E-state index contributed by atoms with van der Waals surface area (Å²) in [5, 5.41) is 14.0. The Hall–Kier alpha value is -1.26. The first-order valence-corrected chi connectivity index (χ1v) is 19.5. The first-order valence-electron chi connectivity index (χ1n) is 19.5. The third-order valence-corrected chi connectivity index (χ3v) is 16.0. The van der Waals surface area contributed by atoms with Crippen molar-refractivity contribution in [2.75, 3.05) is 26.2 Å². The summed E-state index contributed by atoms with van der Waals surface area (Å²) >= 11 is 0. The molecule has 3 heterocycles. The molecule has 2 N–H and O–H groups in total. The fourth-order valence-electron chi connectivity index (χ4n) is 13.9.